The summed E-state index contributed by atoms with van der Waals surface area (Å²) in [5, 5.41) is 10.9. The standard InChI is InChI=1S/C2H10BN3O/c1-3(7)6-2(4)5/h2,6-7H,4-5H2,1H3. The SMILES string of the molecule is CB(O)NC(N)N. The molecule has 0 aromatic rings. The molecule has 7 heavy (non-hydrogen) atoms. The molecule has 0 fully saturated rings. The Morgan fingerprint density at radius 2 is 2.14 bits per heavy atom. The molecule has 6 N–H and O–H groups in total. The Hall–Kier alpha value is -0.0951. The van der Waals surface area contributed by atoms with Crippen molar-refractivity contribution in [3.05, 3.63) is 0 Å². The Balaban J connectivity index is 2.95. The Bertz CT molecular complexity index is 42.2. The lowest BCUT2D eigenvalue weighted by atomic mass is 9.89. The normalized spacial score (nSPS) is 9.86. The summed E-state index contributed by atoms with van der Waals surface area (Å²) in [6, 6.07) is 0. The van der Waals surface area contributed by atoms with E-state index in [1.807, 2.05) is 0 Å². The smallest absolute Gasteiger partial charge is 0.375 e. The van der Waals surface area contributed by atoms with Crippen LogP contribution in [0.5, 0.6) is 0 Å². The molecule has 0 amide bonds. The second-order valence-electron chi connectivity index (χ2n) is 1.37. The maximum absolute atomic E-state index is 8.45. The molecule has 0 bridgehead atoms. The van der Waals surface area contributed by atoms with E-state index in [-0.39, 0.29) is 0 Å². The van der Waals surface area contributed by atoms with Gasteiger partial charge in [-0.3, -0.25) is 0 Å². The van der Waals surface area contributed by atoms with Gasteiger partial charge >= 0.3 is 7.05 Å². The third-order valence-corrected chi connectivity index (χ3v) is 0.434. The minimum Gasteiger partial charge on any atom is -0.437 e. The lowest BCUT2D eigenvalue weighted by Crippen LogP contribution is -2.51. The highest BCUT2D eigenvalue weighted by molar-refractivity contribution is 6.45. The van der Waals surface area contributed by atoms with E-state index in [2.05, 4.69) is 5.23 Å². The molecule has 0 spiro atoms. The van der Waals surface area contributed by atoms with E-state index < -0.39 is 13.3 Å². The third kappa shape index (κ3) is 5.90. The maximum atomic E-state index is 8.45. The molecule has 0 aliphatic rings. The lowest BCUT2D eigenvalue weighted by Gasteiger charge is -2.05. The molecule has 0 saturated heterocycles. The van der Waals surface area contributed by atoms with Crippen LogP contribution in [0.25, 0.3) is 0 Å². The van der Waals surface area contributed by atoms with Crippen molar-refractivity contribution in [3.8, 4) is 0 Å². The van der Waals surface area contributed by atoms with E-state index >= 15 is 0 Å². The molecule has 0 heterocycles. The molecular weight excluding hydrogens is 92.9 g/mol. The molecular formula is C2H10BN3O. The van der Waals surface area contributed by atoms with Gasteiger partial charge in [-0.2, -0.15) is 0 Å². The molecule has 0 aromatic heterocycles. The summed E-state index contributed by atoms with van der Waals surface area (Å²) in [6.07, 6.45) is -0.625. The van der Waals surface area contributed by atoms with E-state index in [0.29, 0.717) is 0 Å². The molecule has 0 radical (unpaired) electrons. The number of nitrogens with one attached hydrogen (secondary N) is 1. The van der Waals surface area contributed by atoms with Gasteiger partial charge in [0.25, 0.3) is 0 Å². The molecule has 0 rings (SSSR count). The Morgan fingerprint density at radius 1 is 1.71 bits per heavy atom. The molecule has 4 nitrogen and oxygen atoms in total. The van der Waals surface area contributed by atoms with E-state index in [1.54, 1.807) is 6.82 Å². The summed E-state index contributed by atoms with van der Waals surface area (Å²) in [6.45, 7) is 1.55. The third-order valence-electron chi connectivity index (χ3n) is 0.434. The fourth-order valence-electron chi connectivity index (χ4n) is 0.279. The first kappa shape index (κ1) is 6.90. The monoisotopic (exact) mass is 103 g/mol. The summed E-state index contributed by atoms with van der Waals surface area (Å²) in [7, 11) is -0.625. The summed E-state index contributed by atoms with van der Waals surface area (Å²) < 4.78 is 0. The van der Waals surface area contributed by atoms with Crippen LogP contribution in [0.4, 0.5) is 0 Å². The number of nitrogens with two attached hydrogens (primary N) is 2. The zero-order valence-corrected chi connectivity index (χ0v) is 4.26. The van der Waals surface area contributed by atoms with Gasteiger partial charge in [0, 0.05) is 0 Å². The largest absolute Gasteiger partial charge is 0.437 e. The molecule has 0 unspecified atom stereocenters. The van der Waals surface area contributed by atoms with Crippen molar-refractivity contribution >= 4 is 7.05 Å². The lowest BCUT2D eigenvalue weighted by molar-refractivity contribution is 0.526. The quantitative estimate of drug-likeness (QED) is 0.238. The second-order valence-corrected chi connectivity index (χ2v) is 1.37. The van der Waals surface area contributed by atoms with Crippen molar-refractivity contribution in [1.82, 2.24) is 5.23 Å². The van der Waals surface area contributed by atoms with Crippen LogP contribution in [0.2, 0.25) is 6.82 Å². The molecule has 42 valence electrons. The van der Waals surface area contributed by atoms with Gasteiger partial charge in [0.15, 0.2) is 0 Å². The van der Waals surface area contributed by atoms with Gasteiger partial charge in [0.05, 0.1) is 6.29 Å². The van der Waals surface area contributed by atoms with Crippen molar-refractivity contribution in [2.24, 2.45) is 11.5 Å². The zero-order chi connectivity index (χ0) is 5.86. The average Bonchev–Trinajstić information content (AvgIpc) is 1.27. The van der Waals surface area contributed by atoms with Gasteiger partial charge in [0.1, 0.15) is 0 Å². The highest BCUT2D eigenvalue weighted by Gasteiger charge is 2.01. The number of rotatable bonds is 2. The predicted octanol–water partition coefficient (Wildman–Crippen LogP) is -2.11. The van der Waals surface area contributed by atoms with Gasteiger partial charge in [0.2, 0.25) is 0 Å². The van der Waals surface area contributed by atoms with Crippen LogP contribution in [0.3, 0.4) is 0 Å². The minimum absolute atomic E-state index is 0.625. The van der Waals surface area contributed by atoms with Gasteiger partial charge in [-0.05, 0) is 6.82 Å². The Morgan fingerprint density at radius 3 is 2.14 bits per heavy atom. The molecule has 5 heteroatoms. The molecule has 0 atom stereocenters. The van der Waals surface area contributed by atoms with Gasteiger partial charge in [-0.1, -0.05) is 0 Å². The van der Waals surface area contributed by atoms with Crippen LogP contribution >= 0.6 is 0 Å². The van der Waals surface area contributed by atoms with Crippen LogP contribution < -0.4 is 16.7 Å². The summed E-state index contributed by atoms with van der Waals surface area (Å²) in [5.41, 5.74) is 10.0. The van der Waals surface area contributed by atoms with Gasteiger partial charge < -0.3 is 21.7 Å². The van der Waals surface area contributed by atoms with E-state index in [1.165, 1.54) is 0 Å². The van der Waals surface area contributed by atoms with Crippen LogP contribution in [-0.2, 0) is 0 Å². The average molecular weight is 103 g/mol. The fraction of sp³-hybridized carbons (Fsp3) is 1.00. The van der Waals surface area contributed by atoms with Crippen LogP contribution in [0.15, 0.2) is 0 Å². The van der Waals surface area contributed by atoms with E-state index in [9.17, 15) is 0 Å². The van der Waals surface area contributed by atoms with Crippen molar-refractivity contribution < 1.29 is 5.02 Å². The maximum Gasteiger partial charge on any atom is 0.375 e. The summed E-state index contributed by atoms with van der Waals surface area (Å²) >= 11 is 0. The van der Waals surface area contributed by atoms with Crippen molar-refractivity contribution in [3.63, 3.8) is 0 Å². The first-order valence-electron chi connectivity index (χ1n) is 2.08. The van der Waals surface area contributed by atoms with Crippen LogP contribution in [0, 0.1) is 0 Å². The first-order valence-corrected chi connectivity index (χ1v) is 2.08. The molecule has 0 aliphatic heterocycles. The number of hydrogen-bond donors (Lipinski definition) is 4. The second kappa shape index (κ2) is 2.98. The van der Waals surface area contributed by atoms with Crippen LogP contribution in [0.1, 0.15) is 0 Å². The van der Waals surface area contributed by atoms with Crippen molar-refractivity contribution in [1.29, 1.82) is 0 Å². The van der Waals surface area contributed by atoms with Crippen molar-refractivity contribution in [2.45, 2.75) is 13.1 Å². The number of hydrogen-bond acceptors (Lipinski definition) is 4. The summed E-state index contributed by atoms with van der Waals surface area (Å²) in [4.78, 5) is 0. The highest BCUT2D eigenvalue weighted by Crippen LogP contribution is 1.61. The minimum atomic E-state index is -0.625. The van der Waals surface area contributed by atoms with Gasteiger partial charge in [-0.15, -0.1) is 0 Å². The zero-order valence-electron chi connectivity index (χ0n) is 4.26. The topological polar surface area (TPSA) is 84.3 Å². The Kier molecular flexibility index (Phi) is 2.94. The molecule has 0 saturated carbocycles. The fourth-order valence-corrected chi connectivity index (χ4v) is 0.279. The molecule has 0 aliphatic carbocycles. The van der Waals surface area contributed by atoms with E-state index in [0.717, 1.165) is 0 Å². The molecule has 0 aromatic carbocycles. The van der Waals surface area contributed by atoms with Crippen LogP contribution in [-0.4, -0.2) is 18.4 Å². The van der Waals surface area contributed by atoms with E-state index in [4.69, 9.17) is 16.5 Å². The highest BCUT2D eigenvalue weighted by atomic mass is 16.2. The Labute approximate surface area is 43.0 Å². The summed E-state index contributed by atoms with van der Waals surface area (Å²) in [5.74, 6) is 0. The predicted molar refractivity (Wildman–Crippen MR) is 29.1 cm³/mol. The first-order chi connectivity index (χ1) is 3.13. The van der Waals surface area contributed by atoms with Gasteiger partial charge in [-0.25, -0.2) is 0 Å². The van der Waals surface area contributed by atoms with Crippen molar-refractivity contribution in [2.75, 3.05) is 0 Å².